The van der Waals surface area contributed by atoms with Crippen molar-refractivity contribution in [1.82, 2.24) is 9.80 Å². The number of urea groups is 1. The van der Waals surface area contributed by atoms with Crippen molar-refractivity contribution < 1.29 is 14.7 Å². The second-order valence-electron chi connectivity index (χ2n) is 5.59. The number of carbonyl (C=O) groups excluding carboxylic acids is 1. The van der Waals surface area contributed by atoms with E-state index in [9.17, 15) is 14.7 Å². The average molecular weight is 286 g/mol. The smallest absolute Gasteiger partial charge is 0.327 e. The van der Waals surface area contributed by atoms with E-state index in [-0.39, 0.29) is 12.1 Å². The summed E-state index contributed by atoms with van der Waals surface area (Å²) in [6.07, 6.45) is 2.15. The molecule has 3 unspecified atom stereocenters. The summed E-state index contributed by atoms with van der Waals surface area (Å²) in [5.74, 6) is 0.937. The van der Waals surface area contributed by atoms with Crippen LogP contribution in [0.4, 0.5) is 4.79 Å². The second kappa shape index (κ2) is 6.03. The lowest BCUT2D eigenvalue weighted by atomic mass is 9.95. The minimum atomic E-state index is -0.890. The summed E-state index contributed by atoms with van der Waals surface area (Å²) in [4.78, 5) is 27.3. The van der Waals surface area contributed by atoms with E-state index in [0.717, 1.165) is 25.1 Å². The molecule has 0 aromatic heterocycles. The molecule has 0 bridgehead atoms. The molecular weight excluding hydrogens is 264 g/mol. The van der Waals surface area contributed by atoms with Gasteiger partial charge < -0.3 is 14.9 Å². The van der Waals surface area contributed by atoms with Gasteiger partial charge in [0.05, 0.1) is 0 Å². The standard InChI is InChI=1S/C13H22N2O3S/c1-9-3-4-10(2)15(7-9)13(18)14-5-6-19-8-11(14)12(16)17/h9-11H,3-8H2,1-2H3,(H,16,17). The Bertz CT molecular complexity index is 364. The van der Waals surface area contributed by atoms with Crippen LogP contribution < -0.4 is 0 Å². The van der Waals surface area contributed by atoms with Crippen molar-refractivity contribution in [3.8, 4) is 0 Å². The van der Waals surface area contributed by atoms with E-state index >= 15 is 0 Å². The Kier molecular flexibility index (Phi) is 4.60. The van der Waals surface area contributed by atoms with Gasteiger partial charge in [0.15, 0.2) is 0 Å². The highest BCUT2D eigenvalue weighted by molar-refractivity contribution is 7.99. The molecule has 0 radical (unpaired) electrons. The molecule has 0 aromatic carbocycles. The van der Waals surface area contributed by atoms with Gasteiger partial charge in [-0.15, -0.1) is 0 Å². The van der Waals surface area contributed by atoms with Gasteiger partial charge in [-0.3, -0.25) is 0 Å². The first-order valence-corrected chi connectivity index (χ1v) is 8.04. The van der Waals surface area contributed by atoms with Crippen LogP contribution in [0, 0.1) is 5.92 Å². The fourth-order valence-corrected chi connectivity index (χ4v) is 3.80. The summed E-state index contributed by atoms with van der Waals surface area (Å²) in [6, 6.07) is -0.546. The zero-order valence-electron chi connectivity index (χ0n) is 11.5. The lowest BCUT2D eigenvalue weighted by Crippen LogP contribution is -2.58. The fraction of sp³-hybridized carbons (Fsp3) is 0.846. The number of hydrogen-bond acceptors (Lipinski definition) is 3. The molecule has 2 heterocycles. The molecule has 1 N–H and O–H groups in total. The van der Waals surface area contributed by atoms with Crippen LogP contribution in [0.1, 0.15) is 26.7 Å². The summed E-state index contributed by atoms with van der Waals surface area (Å²) in [5.41, 5.74) is 0. The molecule has 2 fully saturated rings. The Labute approximate surface area is 118 Å². The fourth-order valence-electron chi connectivity index (χ4n) is 2.76. The lowest BCUT2D eigenvalue weighted by Gasteiger charge is -2.42. The Hall–Kier alpha value is -0.910. The quantitative estimate of drug-likeness (QED) is 0.797. The zero-order valence-corrected chi connectivity index (χ0v) is 12.4. The number of aliphatic carboxylic acids is 1. The van der Waals surface area contributed by atoms with Crippen LogP contribution in [0.5, 0.6) is 0 Å². The maximum absolute atomic E-state index is 12.6. The third kappa shape index (κ3) is 3.16. The van der Waals surface area contributed by atoms with Crippen molar-refractivity contribution in [3.05, 3.63) is 0 Å². The molecule has 0 aliphatic carbocycles. The van der Waals surface area contributed by atoms with E-state index in [1.807, 2.05) is 4.90 Å². The van der Waals surface area contributed by atoms with E-state index in [0.29, 0.717) is 18.2 Å². The Morgan fingerprint density at radius 1 is 1.21 bits per heavy atom. The normalized spacial score (nSPS) is 32.2. The highest BCUT2D eigenvalue weighted by Gasteiger charge is 2.37. The first kappa shape index (κ1) is 14.5. The first-order chi connectivity index (χ1) is 9.00. The molecule has 2 aliphatic rings. The van der Waals surface area contributed by atoms with Crippen molar-refractivity contribution in [2.75, 3.05) is 24.6 Å². The third-order valence-corrected chi connectivity index (χ3v) is 5.05. The minimum absolute atomic E-state index is 0.0910. The van der Waals surface area contributed by atoms with Crippen LogP contribution >= 0.6 is 11.8 Å². The number of carboxylic acids is 1. The summed E-state index contributed by atoms with van der Waals surface area (Å²) in [6.45, 7) is 5.49. The molecule has 108 valence electrons. The van der Waals surface area contributed by atoms with Crippen molar-refractivity contribution in [2.24, 2.45) is 5.92 Å². The Morgan fingerprint density at radius 3 is 2.63 bits per heavy atom. The largest absolute Gasteiger partial charge is 0.480 e. The van der Waals surface area contributed by atoms with Crippen LogP contribution in [0.15, 0.2) is 0 Å². The van der Waals surface area contributed by atoms with Gasteiger partial charge in [-0.1, -0.05) is 6.92 Å². The predicted octanol–water partition coefficient (Wildman–Crippen LogP) is 1.73. The van der Waals surface area contributed by atoms with Crippen molar-refractivity contribution >= 4 is 23.8 Å². The number of likely N-dealkylation sites (tertiary alicyclic amines) is 1. The monoisotopic (exact) mass is 286 g/mol. The number of rotatable bonds is 1. The SMILES string of the molecule is CC1CCC(C)N(C(=O)N2CCSCC2C(=O)O)C1. The van der Waals surface area contributed by atoms with Gasteiger partial charge in [-0.05, 0) is 25.7 Å². The molecule has 3 atom stereocenters. The number of amides is 2. The molecule has 2 saturated heterocycles. The predicted molar refractivity (Wildman–Crippen MR) is 75.4 cm³/mol. The van der Waals surface area contributed by atoms with Crippen LogP contribution in [0.2, 0.25) is 0 Å². The first-order valence-electron chi connectivity index (χ1n) is 6.88. The minimum Gasteiger partial charge on any atom is -0.480 e. The van der Waals surface area contributed by atoms with Crippen molar-refractivity contribution in [3.63, 3.8) is 0 Å². The highest BCUT2D eigenvalue weighted by atomic mass is 32.2. The summed E-state index contributed by atoms with van der Waals surface area (Å²) in [7, 11) is 0. The van der Waals surface area contributed by atoms with Gasteiger partial charge in [-0.25, -0.2) is 9.59 Å². The van der Waals surface area contributed by atoms with E-state index in [2.05, 4.69) is 13.8 Å². The summed E-state index contributed by atoms with van der Waals surface area (Å²) >= 11 is 1.61. The van der Waals surface area contributed by atoms with Crippen LogP contribution in [-0.2, 0) is 4.79 Å². The molecule has 0 spiro atoms. The van der Waals surface area contributed by atoms with E-state index < -0.39 is 12.0 Å². The topological polar surface area (TPSA) is 60.9 Å². The van der Waals surface area contributed by atoms with Crippen LogP contribution in [0.3, 0.4) is 0 Å². The van der Waals surface area contributed by atoms with Crippen LogP contribution in [0.25, 0.3) is 0 Å². The number of thioether (sulfide) groups is 1. The number of carbonyl (C=O) groups is 2. The highest BCUT2D eigenvalue weighted by Crippen LogP contribution is 2.25. The molecule has 2 amide bonds. The maximum Gasteiger partial charge on any atom is 0.327 e. The lowest BCUT2D eigenvalue weighted by molar-refractivity contribution is -0.141. The van der Waals surface area contributed by atoms with Crippen molar-refractivity contribution in [1.29, 1.82) is 0 Å². The van der Waals surface area contributed by atoms with Gasteiger partial charge in [-0.2, -0.15) is 11.8 Å². The molecule has 5 nitrogen and oxygen atoms in total. The molecule has 0 saturated carbocycles. The number of carboxylic acid groups (broad SMARTS) is 1. The maximum atomic E-state index is 12.6. The average Bonchev–Trinajstić information content (AvgIpc) is 2.40. The number of piperidine rings is 1. The molecule has 19 heavy (non-hydrogen) atoms. The van der Waals surface area contributed by atoms with Crippen molar-refractivity contribution in [2.45, 2.75) is 38.8 Å². The van der Waals surface area contributed by atoms with Gasteiger partial charge >= 0.3 is 12.0 Å². The zero-order chi connectivity index (χ0) is 14.0. The van der Waals surface area contributed by atoms with E-state index in [1.165, 1.54) is 0 Å². The third-order valence-electron chi connectivity index (χ3n) is 4.02. The molecule has 2 rings (SSSR count). The Morgan fingerprint density at radius 2 is 1.95 bits per heavy atom. The van der Waals surface area contributed by atoms with Gasteiger partial charge in [0.25, 0.3) is 0 Å². The van der Waals surface area contributed by atoms with Gasteiger partial charge in [0.1, 0.15) is 6.04 Å². The molecule has 6 heteroatoms. The van der Waals surface area contributed by atoms with Gasteiger partial charge in [0, 0.05) is 30.6 Å². The number of nitrogens with zero attached hydrogens (tertiary/aromatic N) is 2. The summed E-state index contributed by atoms with van der Waals surface area (Å²) in [5, 5.41) is 9.25. The Balaban J connectivity index is 2.10. The second-order valence-corrected chi connectivity index (χ2v) is 6.74. The van der Waals surface area contributed by atoms with E-state index in [1.54, 1.807) is 16.7 Å². The van der Waals surface area contributed by atoms with E-state index in [4.69, 9.17) is 0 Å². The molecule has 0 aromatic rings. The number of hydrogen-bond donors (Lipinski definition) is 1. The van der Waals surface area contributed by atoms with Crippen LogP contribution in [-0.4, -0.2) is 63.6 Å². The molecular formula is C13H22N2O3S. The molecule has 2 aliphatic heterocycles. The summed E-state index contributed by atoms with van der Waals surface area (Å²) < 4.78 is 0. The van der Waals surface area contributed by atoms with Gasteiger partial charge in [0.2, 0.25) is 0 Å².